The van der Waals surface area contributed by atoms with Crippen molar-refractivity contribution in [3.8, 4) is 55.6 Å². The number of nitrogens with one attached hydrogen (secondary N) is 8. The fraction of sp³-hybridized carbons (Fsp3) is 0.100. The fourth-order valence-electron chi connectivity index (χ4n) is 12.2. The molecule has 4 amide bonds. The van der Waals surface area contributed by atoms with Crippen LogP contribution in [-0.4, -0.2) is 131 Å². The van der Waals surface area contributed by atoms with Gasteiger partial charge in [0.15, 0.2) is 9.84 Å². The van der Waals surface area contributed by atoms with Crippen molar-refractivity contribution in [1.82, 2.24) is 59.8 Å². The van der Waals surface area contributed by atoms with Gasteiger partial charge in [0.1, 0.15) is 71.9 Å². The monoisotopic (exact) mass is 2010 g/mol. The first-order valence-electron chi connectivity index (χ1n) is 39.9. The van der Waals surface area contributed by atoms with Crippen LogP contribution in [0.1, 0.15) is 57.3 Å². The van der Waals surface area contributed by atoms with Crippen LogP contribution in [-0.2, 0) is 86.1 Å². The summed E-state index contributed by atoms with van der Waals surface area (Å²) in [5.41, 5.74) is 27.2. The zero-order valence-electron chi connectivity index (χ0n) is 73.0. The first-order valence-corrected chi connectivity index (χ1v) is 49.2. The number of rotatable bonds is 26. The third kappa shape index (κ3) is 29.2. The first-order chi connectivity index (χ1) is 64.9. The molecule has 0 saturated carbocycles. The number of amides is 4. The Labute approximate surface area is 799 Å². The van der Waals surface area contributed by atoms with Gasteiger partial charge < -0.3 is 38.5 Å². The Kier molecular flexibility index (Phi) is 33.7. The number of nitrogens with zero attached hydrogens (tertiary/aromatic N) is 12. The first kappa shape index (κ1) is 102. The van der Waals surface area contributed by atoms with Gasteiger partial charge in [-0.3, -0.25) is 67.8 Å². The maximum atomic E-state index is 13.2. The normalized spacial score (nSPS) is 11.1. The van der Waals surface area contributed by atoms with Gasteiger partial charge in [-0.25, -0.2) is 81.4 Å². The van der Waals surface area contributed by atoms with E-state index < -0.39 is 55.7 Å². The Balaban J connectivity index is 0.000000164. The summed E-state index contributed by atoms with van der Waals surface area (Å²) in [6.45, 7) is 10.4. The average Bonchev–Trinajstić information content (AvgIpc) is 1.44. The molecular formula is C90H82Cl2FN23O15S6. The van der Waals surface area contributed by atoms with Crippen LogP contribution in [0.2, 0.25) is 10.0 Å². The number of carbonyl (C=O) groups excluding carboxylic acids is 5. The van der Waals surface area contributed by atoms with Crippen LogP contribution in [0.4, 0.5) is 67.9 Å². The second-order valence-electron chi connectivity index (χ2n) is 29.2. The Hall–Kier alpha value is -15.7. The number of hydrogen-bond acceptors (Lipinski definition) is 31. The molecule has 0 unspecified atom stereocenters. The number of carbonyl (C=O) groups is 5. The van der Waals surface area contributed by atoms with Crippen LogP contribution >= 0.6 is 34.5 Å². The minimum atomic E-state index is -4.05. The highest BCUT2D eigenvalue weighted by Gasteiger charge is 2.27. The summed E-state index contributed by atoms with van der Waals surface area (Å²) < 4.78 is 150. The molecule has 0 radical (unpaired) electrons. The Bertz CT molecular complexity index is 7460. The van der Waals surface area contributed by atoms with Crippen molar-refractivity contribution < 1.29 is 70.5 Å². The molecule has 0 aliphatic carbocycles. The van der Waals surface area contributed by atoms with Crippen molar-refractivity contribution in [3.63, 3.8) is 0 Å². The summed E-state index contributed by atoms with van der Waals surface area (Å²) in [5.74, 6) is -0.775. The molecule has 0 atom stereocenters. The highest BCUT2D eigenvalue weighted by Crippen LogP contribution is 2.35. The minimum Gasteiger partial charge on any atom is -0.383 e. The molecule has 0 bridgehead atoms. The zero-order valence-corrected chi connectivity index (χ0v) is 79.5. The number of sulfonamides is 4. The van der Waals surface area contributed by atoms with E-state index >= 15 is 0 Å². The van der Waals surface area contributed by atoms with Crippen LogP contribution in [0.25, 0.3) is 55.6 Å². The molecule has 14 N–H and O–H groups in total. The number of anilines is 11. The number of aryl methyl sites for hydroxylation is 2. The number of halogens is 3. The van der Waals surface area contributed by atoms with Crippen molar-refractivity contribution >= 4 is 177 Å². The molecule has 2 aromatic carbocycles. The van der Waals surface area contributed by atoms with Crippen molar-refractivity contribution in [2.24, 2.45) is 0 Å². The number of pyridine rings is 12. The van der Waals surface area contributed by atoms with Gasteiger partial charge in [-0.05, 0) is 217 Å². The average molecular weight is 2010 g/mol. The van der Waals surface area contributed by atoms with E-state index in [0.717, 1.165) is 29.3 Å². The van der Waals surface area contributed by atoms with Gasteiger partial charge in [0.2, 0.25) is 23.6 Å². The molecule has 15 aromatic rings. The van der Waals surface area contributed by atoms with E-state index in [1.165, 1.54) is 132 Å². The van der Waals surface area contributed by atoms with Gasteiger partial charge in [-0.1, -0.05) is 29.3 Å². The second kappa shape index (κ2) is 45.4. The number of Topliss-reactive ketones (excluding diaryl/α,β-unsaturated/α-hetero) is 1. The zero-order chi connectivity index (χ0) is 99.1. The molecule has 15 rings (SSSR count). The highest BCUT2D eigenvalue weighted by molar-refractivity contribution is 7.94. The molecular weight excluding hydrogens is 1930 g/mol. The number of hydrogen-bond donors (Lipinski definition) is 11. The fourth-order valence-corrected chi connectivity index (χ4v) is 19.9. The quantitative estimate of drug-likeness (QED) is 0.0240. The summed E-state index contributed by atoms with van der Waals surface area (Å²) in [6.07, 6.45) is 21.5. The van der Waals surface area contributed by atoms with Crippen molar-refractivity contribution in [2.45, 2.75) is 85.1 Å². The number of aromatic nitrogens is 12. The molecule has 0 saturated heterocycles. The maximum absolute atomic E-state index is 13.2. The molecule has 0 aliphatic rings. The maximum Gasteiger partial charge on any atom is 0.265 e. The lowest BCUT2D eigenvalue weighted by molar-refractivity contribution is -0.117. The van der Waals surface area contributed by atoms with Gasteiger partial charge in [0, 0.05) is 164 Å². The largest absolute Gasteiger partial charge is 0.383 e. The number of nitrogen functional groups attached to an aromatic ring is 3. The van der Waals surface area contributed by atoms with E-state index in [2.05, 4.69) is 100.0 Å². The van der Waals surface area contributed by atoms with E-state index in [4.69, 9.17) is 40.4 Å². The predicted octanol–water partition coefficient (Wildman–Crippen LogP) is 14.5. The summed E-state index contributed by atoms with van der Waals surface area (Å²) in [5, 5.41) is 13.9. The summed E-state index contributed by atoms with van der Waals surface area (Å²) in [7, 11) is -19.4. The lowest BCUT2D eigenvalue weighted by Gasteiger charge is -2.13. The van der Waals surface area contributed by atoms with E-state index in [0.29, 0.717) is 113 Å². The lowest BCUT2D eigenvalue weighted by Crippen LogP contribution is -2.15. The molecule has 0 fully saturated rings. The van der Waals surface area contributed by atoms with Crippen LogP contribution < -0.4 is 57.4 Å². The molecule has 137 heavy (non-hydrogen) atoms. The molecule has 13 aromatic heterocycles. The Morgan fingerprint density at radius 1 is 0.372 bits per heavy atom. The summed E-state index contributed by atoms with van der Waals surface area (Å²) in [6, 6.07) is 41.8. The van der Waals surface area contributed by atoms with Crippen LogP contribution in [0.15, 0.2) is 286 Å². The van der Waals surface area contributed by atoms with Gasteiger partial charge in [-0.15, -0.1) is 0 Å². The highest BCUT2D eigenvalue weighted by atomic mass is 35.5. The third-order valence-corrected chi connectivity index (χ3v) is 27.3. The van der Waals surface area contributed by atoms with E-state index in [-0.39, 0.29) is 94.2 Å². The van der Waals surface area contributed by atoms with Gasteiger partial charge >= 0.3 is 0 Å². The van der Waals surface area contributed by atoms with Crippen molar-refractivity contribution in [3.05, 3.63) is 300 Å². The number of ketones is 1. The Morgan fingerprint density at radius 2 is 0.766 bits per heavy atom. The molecule has 0 aliphatic heterocycles. The third-order valence-electron chi connectivity index (χ3n) is 18.5. The van der Waals surface area contributed by atoms with Gasteiger partial charge in [-0.2, -0.15) is 11.3 Å². The van der Waals surface area contributed by atoms with E-state index in [9.17, 15) is 70.5 Å². The lowest BCUT2D eigenvalue weighted by atomic mass is 10.1. The summed E-state index contributed by atoms with van der Waals surface area (Å²) >= 11 is 13.0. The number of thiophene rings is 1. The predicted molar refractivity (Wildman–Crippen MR) is 521 cm³/mol. The van der Waals surface area contributed by atoms with Gasteiger partial charge in [0.05, 0.1) is 50.3 Å². The molecule has 704 valence electrons. The molecule has 0 spiro atoms. The van der Waals surface area contributed by atoms with Crippen LogP contribution in [0.3, 0.4) is 0 Å². The number of nitrogens with two attached hydrogens (primary N) is 3. The molecule has 47 heteroatoms. The van der Waals surface area contributed by atoms with Crippen LogP contribution in [0.5, 0.6) is 0 Å². The SMILES string of the molecule is CC(=O)Cc1cc(-c2cnc(C)c(NS(=O)(=O)c3ccc(F)cc3Cl)c2)ccn1.CC(=O)Nc1cc(-c2cnc(C)c(NS(=O)(=O)c3ccsc3)c2)ccn1.CC(=O)Nc1cc(-c2cnc(N)c(S(=O)(=O)Cc3cccnc3)c2)ccn1.CC(=O)Nc1cc(-c2cnc(N)c(S(=O)(=O)Nc3ccc(Cl)cc3)c2)ccn1.CC(=O)Nc1cc(-c2cnc(N)c(S(=O)(=O)Nc3cccnc3)c2)ccn1. The second-order valence-corrected chi connectivity index (χ2v) is 39.4. The van der Waals surface area contributed by atoms with E-state index in [1.807, 2.05) is 0 Å². The van der Waals surface area contributed by atoms with Crippen molar-refractivity contribution in [1.29, 1.82) is 0 Å². The Morgan fingerprint density at radius 3 is 1.18 bits per heavy atom. The smallest absolute Gasteiger partial charge is 0.265 e. The van der Waals surface area contributed by atoms with Gasteiger partial charge in [0.25, 0.3) is 40.1 Å². The number of benzene rings is 2. The molecule has 38 nitrogen and oxygen atoms in total. The topological polar surface area (TPSA) is 585 Å². The number of sulfone groups is 1. The van der Waals surface area contributed by atoms with E-state index in [1.54, 1.807) is 171 Å². The minimum absolute atomic E-state index is 0.0127. The molecule has 13 heterocycles. The van der Waals surface area contributed by atoms with Crippen molar-refractivity contribution in [2.75, 3.05) is 57.4 Å². The van der Waals surface area contributed by atoms with Crippen LogP contribution in [0, 0.1) is 19.7 Å². The summed E-state index contributed by atoms with van der Waals surface area (Å²) in [4.78, 5) is 104. The standard InChI is InChI=1S/C20H17ClFN3O3S.C18H16ClN5O3S.C18H17N5O3S.C17H16N6O3S.C17H16N4O3S2/c1-12(26)7-17-8-14(5-6-23-17)15-9-19(13(2)24-11-15)25-29(27,28)20-4-3-16(22)10-18(20)21;1-11(25)23-17-9-12(6-7-21-17)13-8-16(18(20)22-10-13)28(26,27)24-15-4-2-14(19)3-5-15;1-12(24)23-17-8-14(4-6-21-17)15-7-16(18(19)22-10-15)27(25,26)11-13-3-2-5-20-9-13;1-11(24)22-16-8-12(4-6-20-16)13-7-15(17(18)21-9-13)27(25,26)23-14-3-2-5-19-10-14;1-11-16(21-26(23,24)15-4-6-25-10-15)7-14(9-19-11)13-3-5-18-17(8-13)20-12(2)22/h3-6,8-11,25H,7H2,1-2H3;2-10,24H,1H3,(H2,20,22)(H,21,23,25);2-10H,11H2,1H3,(H2,19,22)(H,21,23,24);2-10,23H,1H3,(H2,18,21)(H,20,22,24);3-10,21H,1-2H3,(H,18,20,22).